The van der Waals surface area contributed by atoms with Gasteiger partial charge in [-0.3, -0.25) is 4.79 Å². The molecule has 0 N–H and O–H groups in total. The van der Waals surface area contributed by atoms with Crippen molar-refractivity contribution in [3.8, 4) is 5.75 Å². The minimum Gasteiger partial charge on any atom is -0.483 e. The van der Waals surface area contributed by atoms with Gasteiger partial charge in [-0.25, -0.2) is 4.39 Å². The quantitative estimate of drug-likeness (QED) is 0.851. The number of amides is 1. The van der Waals surface area contributed by atoms with Crippen LogP contribution in [0.15, 0.2) is 42.5 Å². The Kier molecular flexibility index (Phi) is 3.80. The fourth-order valence-electron chi connectivity index (χ4n) is 2.31. The number of benzene rings is 2. The smallest absolute Gasteiger partial charge is 0.261 e. The predicted molar refractivity (Wildman–Crippen MR) is 77.6 cm³/mol. The van der Waals surface area contributed by atoms with Gasteiger partial charge in [0.1, 0.15) is 11.6 Å². The van der Waals surface area contributed by atoms with Crippen LogP contribution in [0.4, 0.5) is 4.39 Å². The summed E-state index contributed by atoms with van der Waals surface area (Å²) in [7, 11) is 0. The van der Waals surface area contributed by atoms with Crippen molar-refractivity contribution in [2.75, 3.05) is 6.61 Å². The molecule has 0 bridgehead atoms. The molecule has 0 radical (unpaired) electrons. The molecule has 5 heteroatoms. The van der Waals surface area contributed by atoms with E-state index in [1.165, 1.54) is 6.07 Å². The number of nitrogens with zero attached hydrogens (tertiary/aromatic N) is 1. The summed E-state index contributed by atoms with van der Waals surface area (Å²) in [5.41, 5.74) is 1.31. The summed E-state index contributed by atoms with van der Waals surface area (Å²) in [5, 5.41) is 0.581. The van der Waals surface area contributed by atoms with E-state index < -0.39 is 0 Å². The number of halogens is 2. The molecule has 1 aliphatic heterocycles. The van der Waals surface area contributed by atoms with Crippen molar-refractivity contribution in [1.29, 1.82) is 0 Å². The van der Waals surface area contributed by atoms with E-state index in [2.05, 4.69) is 0 Å². The van der Waals surface area contributed by atoms with Gasteiger partial charge in [-0.15, -0.1) is 0 Å². The number of hydrogen-bond acceptors (Lipinski definition) is 2. The maximum absolute atomic E-state index is 13.7. The van der Waals surface area contributed by atoms with Gasteiger partial charge in [-0.1, -0.05) is 29.8 Å². The molecule has 108 valence electrons. The van der Waals surface area contributed by atoms with E-state index in [0.29, 0.717) is 22.9 Å². The monoisotopic (exact) mass is 305 g/mol. The lowest BCUT2D eigenvalue weighted by Crippen LogP contribution is -2.32. The summed E-state index contributed by atoms with van der Waals surface area (Å²) in [4.78, 5) is 13.7. The molecule has 0 saturated carbocycles. The van der Waals surface area contributed by atoms with Crippen molar-refractivity contribution in [1.82, 2.24) is 4.90 Å². The van der Waals surface area contributed by atoms with Crippen molar-refractivity contribution in [3.05, 3.63) is 64.4 Å². The third-order valence-corrected chi connectivity index (χ3v) is 3.64. The van der Waals surface area contributed by atoms with Crippen LogP contribution < -0.4 is 4.74 Å². The molecule has 0 aromatic heterocycles. The molecule has 3 nitrogen and oxygen atoms in total. The molecule has 1 aliphatic rings. The largest absolute Gasteiger partial charge is 0.483 e. The Bertz CT molecular complexity index is 690. The second kappa shape index (κ2) is 5.74. The van der Waals surface area contributed by atoms with Crippen molar-refractivity contribution < 1.29 is 13.9 Å². The average molecular weight is 306 g/mol. The number of rotatable bonds is 2. The molecule has 0 aliphatic carbocycles. The second-order valence-electron chi connectivity index (χ2n) is 4.88. The molecule has 2 aromatic rings. The summed E-state index contributed by atoms with van der Waals surface area (Å²) < 4.78 is 19.2. The van der Waals surface area contributed by atoms with Crippen LogP contribution >= 0.6 is 11.6 Å². The third kappa shape index (κ3) is 3.00. The fourth-order valence-corrected chi connectivity index (χ4v) is 2.51. The van der Waals surface area contributed by atoms with Crippen molar-refractivity contribution in [2.24, 2.45) is 0 Å². The van der Waals surface area contributed by atoms with Gasteiger partial charge in [0.2, 0.25) is 0 Å². The van der Waals surface area contributed by atoms with E-state index >= 15 is 0 Å². The van der Waals surface area contributed by atoms with E-state index in [4.69, 9.17) is 16.3 Å². The van der Waals surface area contributed by atoms with Gasteiger partial charge >= 0.3 is 0 Å². The normalized spacial score (nSPS) is 14.4. The highest BCUT2D eigenvalue weighted by molar-refractivity contribution is 6.30. The van der Waals surface area contributed by atoms with Crippen molar-refractivity contribution in [2.45, 2.75) is 13.1 Å². The lowest BCUT2D eigenvalue weighted by atomic mass is 10.1. The molecule has 21 heavy (non-hydrogen) atoms. The highest BCUT2D eigenvalue weighted by Crippen LogP contribution is 2.27. The van der Waals surface area contributed by atoms with Gasteiger partial charge in [-0.2, -0.15) is 0 Å². The SMILES string of the molecule is O=C1COc2ccc(Cl)cc2CN1Cc1ccccc1F. The fraction of sp³-hybridized carbons (Fsp3) is 0.188. The second-order valence-corrected chi connectivity index (χ2v) is 5.32. The van der Waals surface area contributed by atoms with Gasteiger partial charge in [-0.05, 0) is 24.3 Å². The van der Waals surface area contributed by atoms with Crippen molar-refractivity contribution in [3.63, 3.8) is 0 Å². The molecule has 2 aromatic carbocycles. The molecule has 0 atom stereocenters. The van der Waals surface area contributed by atoms with E-state index in [9.17, 15) is 9.18 Å². The van der Waals surface area contributed by atoms with Crippen LogP contribution in [0.3, 0.4) is 0 Å². The first-order chi connectivity index (χ1) is 10.1. The van der Waals surface area contributed by atoms with Crippen LogP contribution in [-0.4, -0.2) is 17.4 Å². The zero-order valence-electron chi connectivity index (χ0n) is 11.2. The first-order valence-corrected chi connectivity index (χ1v) is 6.93. The van der Waals surface area contributed by atoms with Gasteiger partial charge in [0.15, 0.2) is 6.61 Å². The lowest BCUT2D eigenvalue weighted by molar-refractivity contribution is -0.133. The number of fused-ring (bicyclic) bond motifs is 1. The Morgan fingerprint density at radius 2 is 2.05 bits per heavy atom. The van der Waals surface area contributed by atoms with E-state index in [-0.39, 0.29) is 24.9 Å². The van der Waals surface area contributed by atoms with E-state index in [1.54, 1.807) is 41.3 Å². The van der Waals surface area contributed by atoms with Gasteiger partial charge < -0.3 is 9.64 Å². The van der Waals surface area contributed by atoms with Crippen LogP contribution in [0.25, 0.3) is 0 Å². The summed E-state index contributed by atoms with van der Waals surface area (Å²) in [5.74, 6) is 0.149. The Morgan fingerprint density at radius 1 is 1.24 bits per heavy atom. The minimum absolute atomic E-state index is 0.0525. The summed E-state index contributed by atoms with van der Waals surface area (Å²) >= 11 is 5.98. The lowest BCUT2D eigenvalue weighted by Gasteiger charge is -2.20. The molecule has 1 amide bonds. The molecule has 1 heterocycles. The topological polar surface area (TPSA) is 29.5 Å². The molecule has 0 unspecified atom stereocenters. The summed E-state index contributed by atoms with van der Waals surface area (Å²) in [6.45, 7) is 0.507. The standard InChI is InChI=1S/C16H13ClFNO2/c17-13-5-6-15-12(7-13)9-19(16(20)10-21-15)8-11-3-1-2-4-14(11)18/h1-7H,8-10H2. The Hall–Kier alpha value is -2.07. The Morgan fingerprint density at radius 3 is 2.86 bits per heavy atom. The zero-order valence-corrected chi connectivity index (χ0v) is 11.9. The Balaban J connectivity index is 1.88. The van der Waals surface area contributed by atoms with Crippen LogP contribution in [0, 0.1) is 5.82 Å². The summed E-state index contributed by atoms with van der Waals surface area (Å²) in [6, 6.07) is 11.7. The van der Waals surface area contributed by atoms with Crippen LogP contribution in [0.1, 0.15) is 11.1 Å². The first kappa shape index (κ1) is 13.9. The number of carbonyl (C=O) groups is 1. The van der Waals surface area contributed by atoms with Gasteiger partial charge in [0, 0.05) is 29.2 Å². The van der Waals surface area contributed by atoms with Crippen LogP contribution in [0.2, 0.25) is 5.02 Å². The highest BCUT2D eigenvalue weighted by atomic mass is 35.5. The zero-order chi connectivity index (χ0) is 14.8. The van der Waals surface area contributed by atoms with Crippen LogP contribution in [0.5, 0.6) is 5.75 Å². The third-order valence-electron chi connectivity index (χ3n) is 3.41. The molecular weight excluding hydrogens is 293 g/mol. The van der Waals surface area contributed by atoms with Gasteiger partial charge in [0.25, 0.3) is 5.91 Å². The van der Waals surface area contributed by atoms with E-state index in [1.807, 2.05) is 0 Å². The average Bonchev–Trinajstić information content (AvgIpc) is 2.61. The number of hydrogen-bond donors (Lipinski definition) is 0. The predicted octanol–water partition coefficient (Wildman–Crippen LogP) is 3.40. The van der Waals surface area contributed by atoms with Crippen molar-refractivity contribution >= 4 is 17.5 Å². The molecule has 0 fully saturated rings. The van der Waals surface area contributed by atoms with E-state index in [0.717, 1.165) is 5.56 Å². The maximum atomic E-state index is 13.7. The number of carbonyl (C=O) groups excluding carboxylic acids is 1. The Labute approximate surface area is 126 Å². The summed E-state index contributed by atoms with van der Waals surface area (Å²) in [6.07, 6.45) is 0. The maximum Gasteiger partial charge on any atom is 0.261 e. The highest BCUT2D eigenvalue weighted by Gasteiger charge is 2.22. The molecular formula is C16H13ClFNO2. The first-order valence-electron chi connectivity index (χ1n) is 6.56. The number of ether oxygens (including phenoxy) is 1. The minimum atomic E-state index is -0.318. The molecule has 3 rings (SSSR count). The molecule has 0 saturated heterocycles. The van der Waals surface area contributed by atoms with Gasteiger partial charge in [0.05, 0.1) is 0 Å². The molecule has 0 spiro atoms. The van der Waals surface area contributed by atoms with Crippen LogP contribution in [-0.2, 0) is 17.9 Å².